The summed E-state index contributed by atoms with van der Waals surface area (Å²) < 4.78 is 1.71. The van der Waals surface area contributed by atoms with Crippen LogP contribution in [0.15, 0.2) is 42.5 Å². The zero-order valence-corrected chi connectivity index (χ0v) is 23.9. The average Bonchev–Trinajstić information content (AvgIpc) is 3.37. The maximum absolute atomic E-state index is 13.3. The molecular weight excluding hydrogens is 527 g/mol. The molecule has 8 heteroatoms. The van der Waals surface area contributed by atoms with Crippen molar-refractivity contribution in [2.45, 2.75) is 53.0 Å². The highest BCUT2D eigenvalue weighted by Gasteiger charge is 2.60. The molecule has 1 heterocycles. The van der Waals surface area contributed by atoms with E-state index in [1.165, 1.54) is 19.3 Å². The lowest BCUT2D eigenvalue weighted by atomic mass is 9.69. The van der Waals surface area contributed by atoms with Gasteiger partial charge in [-0.25, -0.2) is 4.68 Å². The third kappa shape index (κ3) is 4.58. The molecule has 2 aliphatic rings. The van der Waals surface area contributed by atoms with Crippen LogP contribution in [0.4, 0.5) is 0 Å². The number of amides is 1. The summed E-state index contributed by atoms with van der Waals surface area (Å²) in [5.74, 6) is 0.569. The monoisotopic (exact) mass is 558 g/mol. The number of carbonyl (C=O) groups excluding carboxylic acids is 1. The molecule has 0 spiro atoms. The predicted octanol–water partition coefficient (Wildman–Crippen LogP) is 7.34. The van der Waals surface area contributed by atoms with E-state index in [4.69, 9.17) is 39.9 Å². The fourth-order valence-electron chi connectivity index (χ4n) is 6.50. The number of nitrogens with zero attached hydrogens (tertiary/aromatic N) is 2. The van der Waals surface area contributed by atoms with Crippen molar-refractivity contribution in [3.8, 4) is 16.9 Å². The van der Waals surface area contributed by atoms with Crippen LogP contribution in [-0.2, 0) is 0 Å². The van der Waals surface area contributed by atoms with Gasteiger partial charge in [-0.3, -0.25) is 4.79 Å². The normalized spacial score (nSPS) is 24.0. The quantitative estimate of drug-likeness (QED) is 0.298. The zero-order valence-electron chi connectivity index (χ0n) is 21.7. The molecule has 2 N–H and O–H groups in total. The van der Waals surface area contributed by atoms with Gasteiger partial charge in [0.15, 0.2) is 5.69 Å². The molecule has 5 nitrogen and oxygen atoms in total. The molecule has 2 fully saturated rings. The van der Waals surface area contributed by atoms with Crippen molar-refractivity contribution in [2.24, 2.45) is 16.7 Å². The number of hydrogen-bond acceptors (Lipinski definition) is 3. The van der Waals surface area contributed by atoms with Crippen LogP contribution in [0.1, 0.15) is 56.1 Å². The summed E-state index contributed by atoms with van der Waals surface area (Å²) in [5.41, 5.74) is 4.10. The van der Waals surface area contributed by atoms with E-state index in [1.54, 1.807) is 22.9 Å². The highest BCUT2D eigenvalue weighted by molar-refractivity contribution is 6.35. The van der Waals surface area contributed by atoms with Gasteiger partial charge in [-0.05, 0) is 73.3 Å². The summed E-state index contributed by atoms with van der Waals surface area (Å²) in [5, 5.41) is 13.1. The summed E-state index contributed by atoms with van der Waals surface area (Å²) in [4.78, 5) is 13.3. The molecule has 196 valence electrons. The largest absolute Gasteiger partial charge is 0.349 e. The van der Waals surface area contributed by atoms with Gasteiger partial charge in [0.25, 0.3) is 5.91 Å². The molecule has 0 aliphatic heterocycles. The number of benzene rings is 2. The lowest BCUT2D eigenvalue weighted by Crippen LogP contribution is -2.46. The minimum Gasteiger partial charge on any atom is -0.349 e. The minimum atomic E-state index is -0.210. The Labute approximate surface area is 233 Å². The van der Waals surface area contributed by atoms with Crippen molar-refractivity contribution in [3.05, 3.63) is 68.8 Å². The summed E-state index contributed by atoms with van der Waals surface area (Å²) in [7, 11) is 0. The van der Waals surface area contributed by atoms with Crippen LogP contribution in [0, 0.1) is 23.7 Å². The van der Waals surface area contributed by atoms with Crippen LogP contribution in [0.3, 0.4) is 0 Å². The van der Waals surface area contributed by atoms with Crippen molar-refractivity contribution in [1.82, 2.24) is 20.4 Å². The standard InChI is InChI=1S/C29H33Cl3N4O/c1-17-25(27(37)34-14-13-33-24-15-19-11-12-29(24,4)28(19,2)3)35-36(23-10-9-21(31)16-22(23)32)26(17)18-5-7-20(30)8-6-18/h5-10,16,19,24,33H,11-15H2,1-4H3,(H,34,37). The average molecular weight is 560 g/mol. The van der Waals surface area contributed by atoms with Gasteiger partial charge in [0, 0.05) is 40.3 Å². The first kappa shape index (κ1) is 26.6. The molecule has 2 bridgehead atoms. The maximum atomic E-state index is 13.3. The molecule has 3 atom stereocenters. The van der Waals surface area contributed by atoms with Crippen LogP contribution < -0.4 is 10.6 Å². The fourth-order valence-corrected chi connectivity index (χ4v) is 7.12. The molecule has 0 radical (unpaired) electrons. The summed E-state index contributed by atoms with van der Waals surface area (Å²) >= 11 is 18.8. The van der Waals surface area contributed by atoms with Gasteiger partial charge in [-0.1, -0.05) is 67.7 Å². The molecule has 5 rings (SSSR count). The molecule has 2 aromatic carbocycles. The van der Waals surface area contributed by atoms with E-state index in [0.29, 0.717) is 49.9 Å². The highest BCUT2D eigenvalue weighted by Crippen LogP contribution is 2.65. The topological polar surface area (TPSA) is 59.0 Å². The van der Waals surface area contributed by atoms with Crippen LogP contribution in [-0.4, -0.2) is 34.8 Å². The third-order valence-corrected chi connectivity index (χ3v) is 9.98. The smallest absolute Gasteiger partial charge is 0.272 e. The van der Waals surface area contributed by atoms with E-state index in [2.05, 4.69) is 31.4 Å². The van der Waals surface area contributed by atoms with E-state index in [1.807, 2.05) is 31.2 Å². The zero-order chi connectivity index (χ0) is 26.5. The second kappa shape index (κ2) is 9.92. The van der Waals surface area contributed by atoms with Crippen LogP contribution in [0.25, 0.3) is 16.9 Å². The second-order valence-electron chi connectivity index (χ2n) is 11.2. The van der Waals surface area contributed by atoms with Crippen LogP contribution in [0.2, 0.25) is 15.1 Å². The van der Waals surface area contributed by atoms with Crippen molar-refractivity contribution >= 4 is 40.7 Å². The van der Waals surface area contributed by atoms with Crippen molar-refractivity contribution in [1.29, 1.82) is 0 Å². The third-order valence-electron chi connectivity index (χ3n) is 9.19. The number of aromatic nitrogens is 2. The van der Waals surface area contributed by atoms with Crippen molar-refractivity contribution < 1.29 is 4.79 Å². The maximum Gasteiger partial charge on any atom is 0.272 e. The summed E-state index contributed by atoms with van der Waals surface area (Å²) in [6, 6.07) is 13.2. The molecule has 1 amide bonds. The van der Waals surface area contributed by atoms with Gasteiger partial charge in [-0.2, -0.15) is 5.10 Å². The highest BCUT2D eigenvalue weighted by atomic mass is 35.5. The Hall–Kier alpha value is -2.05. The Bertz CT molecular complexity index is 1330. The summed E-state index contributed by atoms with van der Waals surface area (Å²) in [6.45, 7) is 10.4. The summed E-state index contributed by atoms with van der Waals surface area (Å²) in [6.07, 6.45) is 3.81. The molecule has 1 aromatic heterocycles. The van der Waals surface area contributed by atoms with Crippen molar-refractivity contribution in [2.75, 3.05) is 13.1 Å². The van der Waals surface area contributed by atoms with Crippen LogP contribution in [0.5, 0.6) is 0 Å². The lowest BCUT2D eigenvalue weighted by molar-refractivity contribution is 0.0943. The molecule has 2 saturated carbocycles. The Morgan fingerprint density at radius 2 is 1.76 bits per heavy atom. The van der Waals surface area contributed by atoms with Crippen molar-refractivity contribution in [3.63, 3.8) is 0 Å². The molecule has 3 unspecified atom stereocenters. The first-order valence-corrected chi connectivity index (χ1v) is 14.0. The van der Waals surface area contributed by atoms with Crippen LogP contribution >= 0.6 is 34.8 Å². The molecule has 37 heavy (non-hydrogen) atoms. The number of carbonyl (C=O) groups is 1. The number of hydrogen-bond donors (Lipinski definition) is 2. The van der Waals surface area contributed by atoms with E-state index >= 15 is 0 Å². The Morgan fingerprint density at radius 1 is 1.05 bits per heavy atom. The number of nitrogens with one attached hydrogen (secondary N) is 2. The minimum absolute atomic E-state index is 0.210. The first-order chi connectivity index (χ1) is 17.5. The Balaban J connectivity index is 1.35. The Kier molecular flexibility index (Phi) is 7.12. The van der Waals surface area contributed by atoms with E-state index in [-0.39, 0.29) is 5.91 Å². The lowest BCUT2D eigenvalue weighted by Gasteiger charge is -2.39. The van der Waals surface area contributed by atoms with Gasteiger partial charge in [0.1, 0.15) is 0 Å². The number of halogens is 3. The Morgan fingerprint density at radius 3 is 2.38 bits per heavy atom. The van der Waals surface area contributed by atoms with Gasteiger partial charge in [0.2, 0.25) is 0 Å². The fraction of sp³-hybridized carbons (Fsp3) is 0.448. The van der Waals surface area contributed by atoms with E-state index in [0.717, 1.165) is 29.3 Å². The van der Waals surface area contributed by atoms with Gasteiger partial charge in [0.05, 0.1) is 16.4 Å². The molecule has 2 aliphatic carbocycles. The second-order valence-corrected chi connectivity index (χ2v) is 12.5. The molecule has 0 saturated heterocycles. The number of fused-ring (bicyclic) bond motifs is 2. The first-order valence-electron chi connectivity index (χ1n) is 12.9. The van der Waals surface area contributed by atoms with Gasteiger partial charge >= 0.3 is 0 Å². The SMILES string of the molecule is Cc1c(C(=O)NCCNC2CC3CCC2(C)C3(C)C)nn(-c2ccc(Cl)cc2Cl)c1-c1ccc(Cl)cc1. The number of rotatable bonds is 7. The van der Waals surface area contributed by atoms with E-state index < -0.39 is 0 Å². The van der Waals surface area contributed by atoms with Gasteiger partial charge in [-0.15, -0.1) is 0 Å². The molecular formula is C29H33Cl3N4O. The van der Waals surface area contributed by atoms with Gasteiger partial charge < -0.3 is 10.6 Å². The molecule has 3 aromatic rings. The van der Waals surface area contributed by atoms with E-state index in [9.17, 15) is 4.79 Å². The predicted molar refractivity (Wildman–Crippen MR) is 152 cm³/mol.